The monoisotopic (exact) mass is 416 g/mol. The van der Waals surface area contributed by atoms with E-state index in [2.05, 4.69) is 16.0 Å². The topological polar surface area (TPSA) is 84.1 Å². The molecule has 1 amide bonds. The number of rotatable bonds is 5. The molecule has 1 unspecified atom stereocenters. The van der Waals surface area contributed by atoms with Crippen LogP contribution in [-0.2, 0) is 12.8 Å². The number of fused-ring (bicyclic) bond motifs is 1. The van der Waals surface area contributed by atoms with Gasteiger partial charge in [-0.3, -0.25) is 4.79 Å². The molecule has 7 heteroatoms. The maximum absolute atomic E-state index is 13.0. The van der Waals surface area contributed by atoms with Gasteiger partial charge < -0.3 is 18.9 Å². The van der Waals surface area contributed by atoms with Gasteiger partial charge in [0.05, 0.1) is 12.4 Å². The normalized spacial score (nSPS) is 16.3. The molecule has 0 radical (unpaired) electrons. The number of carbonyl (C=O) groups is 1. The summed E-state index contributed by atoms with van der Waals surface area (Å²) in [5, 5.41) is 1.18. The molecule has 1 atom stereocenters. The molecular weight excluding hydrogens is 392 g/mol. The maximum atomic E-state index is 13.0. The highest BCUT2D eigenvalue weighted by Crippen LogP contribution is 2.24. The van der Waals surface area contributed by atoms with E-state index in [1.54, 1.807) is 17.4 Å². The zero-order valence-corrected chi connectivity index (χ0v) is 17.4. The zero-order valence-electron chi connectivity index (χ0n) is 17.4. The van der Waals surface area contributed by atoms with Gasteiger partial charge in [0.1, 0.15) is 11.3 Å². The maximum Gasteiger partial charge on any atom is 0.349 e. The van der Waals surface area contributed by atoms with Crippen molar-refractivity contribution in [2.24, 2.45) is 0 Å². The fraction of sp³-hybridized carbons (Fsp3) is 0.292. The molecule has 0 aliphatic carbocycles. The minimum atomic E-state index is -0.551. The number of aryl methyl sites for hydroxylation is 3. The van der Waals surface area contributed by atoms with Crippen LogP contribution in [0.5, 0.6) is 0 Å². The van der Waals surface area contributed by atoms with Gasteiger partial charge in [-0.25, -0.2) is 9.78 Å². The van der Waals surface area contributed by atoms with E-state index in [1.165, 1.54) is 10.9 Å². The van der Waals surface area contributed by atoms with E-state index in [0.29, 0.717) is 30.8 Å². The molecule has 158 valence electrons. The third kappa shape index (κ3) is 3.67. The second-order valence-electron chi connectivity index (χ2n) is 8.12. The minimum absolute atomic E-state index is 0.141. The van der Waals surface area contributed by atoms with Gasteiger partial charge in [0.25, 0.3) is 5.91 Å². The van der Waals surface area contributed by atoms with Crippen molar-refractivity contribution >= 4 is 16.8 Å². The molecule has 1 fully saturated rings. The van der Waals surface area contributed by atoms with Crippen LogP contribution in [-0.4, -0.2) is 38.4 Å². The van der Waals surface area contributed by atoms with Crippen LogP contribution in [0.15, 0.2) is 64.5 Å². The van der Waals surface area contributed by atoms with Crippen molar-refractivity contribution in [1.82, 2.24) is 19.4 Å². The smallest absolute Gasteiger partial charge is 0.349 e. The Morgan fingerprint density at radius 1 is 1.29 bits per heavy atom. The molecule has 4 aromatic rings. The lowest BCUT2D eigenvalue weighted by Gasteiger charge is -2.17. The Morgan fingerprint density at radius 2 is 2.16 bits per heavy atom. The number of hydrogen-bond acceptors (Lipinski definition) is 4. The average molecular weight is 416 g/mol. The summed E-state index contributed by atoms with van der Waals surface area (Å²) in [5.41, 5.74) is 2.53. The minimum Gasteiger partial charge on any atom is -0.427 e. The number of nitrogens with zero attached hydrogens (tertiary/aromatic N) is 3. The van der Waals surface area contributed by atoms with Crippen LogP contribution in [0.1, 0.15) is 39.7 Å². The Bertz CT molecular complexity index is 1290. The Balaban J connectivity index is 1.31. The van der Waals surface area contributed by atoms with E-state index in [1.807, 2.05) is 48.1 Å². The molecule has 1 aliphatic rings. The highest BCUT2D eigenvalue weighted by atomic mass is 16.4. The van der Waals surface area contributed by atoms with E-state index < -0.39 is 5.63 Å². The quantitative estimate of drug-likeness (QED) is 0.540. The zero-order chi connectivity index (χ0) is 21.4. The number of aromatic amines is 1. The summed E-state index contributed by atoms with van der Waals surface area (Å²) in [6.07, 6.45) is 9.59. The molecule has 1 N–H and O–H groups in total. The molecule has 7 nitrogen and oxygen atoms in total. The van der Waals surface area contributed by atoms with Gasteiger partial charge in [-0.1, -0.05) is 18.2 Å². The van der Waals surface area contributed by atoms with Crippen LogP contribution in [0.25, 0.3) is 10.9 Å². The molecule has 3 aromatic heterocycles. The molecule has 1 aromatic carbocycles. The summed E-state index contributed by atoms with van der Waals surface area (Å²) >= 11 is 0. The Kier molecular flexibility index (Phi) is 4.94. The van der Waals surface area contributed by atoms with Crippen LogP contribution < -0.4 is 5.63 Å². The fourth-order valence-corrected chi connectivity index (χ4v) is 4.46. The van der Waals surface area contributed by atoms with Gasteiger partial charge in [-0.2, -0.15) is 0 Å². The van der Waals surface area contributed by atoms with E-state index in [-0.39, 0.29) is 17.5 Å². The van der Waals surface area contributed by atoms with E-state index >= 15 is 0 Å². The largest absolute Gasteiger partial charge is 0.427 e. The molecule has 5 rings (SSSR count). The second-order valence-corrected chi connectivity index (χ2v) is 8.12. The number of hydrogen-bond donors (Lipinski definition) is 1. The lowest BCUT2D eigenvalue weighted by atomic mass is 10.1. The summed E-state index contributed by atoms with van der Waals surface area (Å²) in [7, 11) is 0. The summed E-state index contributed by atoms with van der Waals surface area (Å²) in [4.78, 5) is 34.8. The number of amides is 1. The number of likely N-dealkylation sites (tertiary alicyclic amines) is 1. The SMILES string of the molecule is Cc1cc(CCc2c[nH]c3ccccc23)oc(=O)c1C(=O)N1CCC(n2ccnc2)C1. The summed E-state index contributed by atoms with van der Waals surface area (Å²) in [6, 6.07) is 10.1. The molecule has 0 spiro atoms. The number of benzene rings is 1. The Labute approximate surface area is 179 Å². The predicted octanol–water partition coefficient (Wildman–Crippen LogP) is 3.50. The van der Waals surface area contributed by atoms with Crippen LogP contribution in [0.3, 0.4) is 0 Å². The number of imidazole rings is 1. The van der Waals surface area contributed by atoms with Crippen molar-refractivity contribution in [1.29, 1.82) is 0 Å². The fourth-order valence-electron chi connectivity index (χ4n) is 4.46. The van der Waals surface area contributed by atoms with Crippen molar-refractivity contribution in [3.8, 4) is 0 Å². The van der Waals surface area contributed by atoms with Gasteiger partial charge in [-0.15, -0.1) is 0 Å². The number of para-hydroxylation sites is 1. The molecule has 31 heavy (non-hydrogen) atoms. The first-order valence-corrected chi connectivity index (χ1v) is 10.6. The highest BCUT2D eigenvalue weighted by molar-refractivity contribution is 5.95. The van der Waals surface area contributed by atoms with Gasteiger partial charge in [0.15, 0.2) is 0 Å². The van der Waals surface area contributed by atoms with Crippen molar-refractivity contribution in [2.45, 2.75) is 32.2 Å². The molecule has 1 saturated heterocycles. The van der Waals surface area contributed by atoms with Crippen molar-refractivity contribution < 1.29 is 9.21 Å². The molecule has 0 saturated carbocycles. The van der Waals surface area contributed by atoms with Crippen LogP contribution in [0, 0.1) is 6.92 Å². The van der Waals surface area contributed by atoms with E-state index in [4.69, 9.17) is 4.42 Å². The number of nitrogens with one attached hydrogen (secondary N) is 1. The van der Waals surface area contributed by atoms with Gasteiger partial charge >= 0.3 is 5.63 Å². The predicted molar refractivity (Wildman–Crippen MR) is 117 cm³/mol. The Morgan fingerprint density at radius 3 is 2.97 bits per heavy atom. The number of H-pyrrole nitrogens is 1. The van der Waals surface area contributed by atoms with Crippen LogP contribution >= 0.6 is 0 Å². The number of aromatic nitrogens is 3. The van der Waals surface area contributed by atoms with Gasteiger partial charge in [-0.05, 0) is 43.0 Å². The standard InChI is InChI=1S/C24H24N4O3/c1-16-12-19(7-6-17-13-26-21-5-3-2-4-20(17)21)31-24(30)22(16)23(29)27-10-8-18(14-27)28-11-9-25-15-28/h2-5,9,11-13,15,18,26H,6-8,10,14H2,1H3. The third-order valence-electron chi connectivity index (χ3n) is 6.13. The molecule has 0 bridgehead atoms. The van der Waals surface area contributed by atoms with Crippen LogP contribution in [0.2, 0.25) is 0 Å². The van der Waals surface area contributed by atoms with E-state index in [0.717, 1.165) is 18.4 Å². The van der Waals surface area contributed by atoms with Crippen molar-refractivity contribution in [3.63, 3.8) is 0 Å². The lowest BCUT2D eigenvalue weighted by Crippen LogP contribution is -2.33. The first kappa shape index (κ1) is 19.4. The second kappa shape index (κ2) is 7.91. The van der Waals surface area contributed by atoms with Crippen molar-refractivity contribution in [2.75, 3.05) is 13.1 Å². The van der Waals surface area contributed by atoms with E-state index in [9.17, 15) is 9.59 Å². The van der Waals surface area contributed by atoms with Crippen LogP contribution in [0.4, 0.5) is 0 Å². The molecular formula is C24H24N4O3. The van der Waals surface area contributed by atoms with Crippen molar-refractivity contribution in [3.05, 3.63) is 88.1 Å². The summed E-state index contributed by atoms with van der Waals surface area (Å²) in [5.74, 6) is 0.346. The highest BCUT2D eigenvalue weighted by Gasteiger charge is 2.30. The summed E-state index contributed by atoms with van der Waals surface area (Å²) < 4.78 is 7.56. The lowest BCUT2D eigenvalue weighted by molar-refractivity contribution is 0.0782. The third-order valence-corrected chi connectivity index (χ3v) is 6.13. The summed E-state index contributed by atoms with van der Waals surface area (Å²) in [6.45, 7) is 2.99. The Hall–Kier alpha value is -3.61. The molecule has 4 heterocycles. The first-order chi connectivity index (χ1) is 15.1. The van der Waals surface area contributed by atoms with Gasteiger partial charge in [0.2, 0.25) is 0 Å². The first-order valence-electron chi connectivity index (χ1n) is 10.6. The number of carbonyl (C=O) groups excluding carboxylic acids is 1. The average Bonchev–Trinajstić information content (AvgIpc) is 3.52. The molecule has 1 aliphatic heterocycles. The van der Waals surface area contributed by atoms with Gasteiger partial charge in [0, 0.05) is 49.0 Å².